The molecule has 6 nitrogen and oxygen atoms in total. The molecule has 2 fully saturated rings. The molecule has 2 aromatic rings. The predicted molar refractivity (Wildman–Crippen MR) is 122 cm³/mol. The molecule has 7 heteroatoms. The first-order valence-electron chi connectivity index (χ1n) is 10.3. The number of halogens is 1. The van der Waals surface area contributed by atoms with E-state index in [-0.39, 0.29) is 24.0 Å². The van der Waals surface area contributed by atoms with E-state index in [1.807, 2.05) is 23.9 Å². The lowest BCUT2D eigenvalue weighted by molar-refractivity contribution is 0.387. The number of aromatic nitrogens is 2. The van der Waals surface area contributed by atoms with E-state index < -0.39 is 0 Å². The predicted octanol–water partition coefficient (Wildman–Crippen LogP) is 3.66. The van der Waals surface area contributed by atoms with Gasteiger partial charge in [0.05, 0.1) is 18.5 Å². The zero-order valence-corrected chi connectivity index (χ0v) is 19.2. The van der Waals surface area contributed by atoms with Crippen LogP contribution >= 0.6 is 24.0 Å². The van der Waals surface area contributed by atoms with Crippen LogP contribution in [0.1, 0.15) is 49.6 Å². The maximum Gasteiger partial charge on any atom is 0.191 e. The van der Waals surface area contributed by atoms with Gasteiger partial charge in [-0.15, -0.1) is 24.0 Å². The van der Waals surface area contributed by atoms with Crippen molar-refractivity contribution in [3.8, 4) is 0 Å². The summed E-state index contributed by atoms with van der Waals surface area (Å²) in [6, 6.07) is 4.52. The second kappa shape index (κ2) is 9.80. The summed E-state index contributed by atoms with van der Waals surface area (Å²) in [7, 11) is 1.97. The van der Waals surface area contributed by atoms with E-state index in [0.29, 0.717) is 12.6 Å². The van der Waals surface area contributed by atoms with Crippen LogP contribution in [-0.4, -0.2) is 28.3 Å². The van der Waals surface area contributed by atoms with E-state index in [0.717, 1.165) is 48.6 Å². The minimum Gasteiger partial charge on any atom is -0.469 e. The highest BCUT2D eigenvalue weighted by Gasteiger charge is 2.39. The number of nitrogens with one attached hydrogen (secondary N) is 2. The highest BCUT2D eigenvalue weighted by molar-refractivity contribution is 14.0. The van der Waals surface area contributed by atoms with Crippen LogP contribution in [0.2, 0.25) is 0 Å². The molecule has 2 aliphatic rings. The molecular formula is C21H32IN5O. The molecular weight excluding hydrogens is 465 g/mol. The lowest BCUT2D eigenvalue weighted by Gasteiger charge is -2.25. The number of hydrogen-bond acceptors (Lipinski definition) is 3. The summed E-state index contributed by atoms with van der Waals surface area (Å²) < 4.78 is 7.33. The van der Waals surface area contributed by atoms with Crippen molar-refractivity contribution in [1.82, 2.24) is 20.4 Å². The number of fused-ring (bicyclic) bond motifs is 2. The van der Waals surface area contributed by atoms with Crippen molar-refractivity contribution < 1.29 is 4.42 Å². The van der Waals surface area contributed by atoms with Crippen LogP contribution in [-0.2, 0) is 26.4 Å². The molecule has 2 N–H and O–H groups in total. The van der Waals surface area contributed by atoms with Gasteiger partial charge in [0.25, 0.3) is 0 Å². The molecule has 154 valence electrons. The monoisotopic (exact) mass is 497 g/mol. The first kappa shape index (κ1) is 21.2. The van der Waals surface area contributed by atoms with Crippen LogP contribution < -0.4 is 10.6 Å². The van der Waals surface area contributed by atoms with Gasteiger partial charge >= 0.3 is 0 Å². The summed E-state index contributed by atoms with van der Waals surface area (Å²) >= 11 is 0. The van der Waals surface area contributed by atoms with Crippen molar-refractivity contribution in [2.24, 2.45) is 23.9 Å². The molecule has 2 aliphatic carbocycles. The smallest absolute Gasteiger partial charge is 0.191 e. The van der Waals surface area contributed by atoms with Gasteiger partial charge in [-0.3, -0.25) is 4.68 Å². The molecule has 3 atom stereocenters. The third-order valence-corrected chi connectivity index (χ3v) is 6.04. The normalized spacial score (nSPS) is 23.6. The maximum absolute atomic E-state index is 5.44. The molecule has 3 unspecified atom stereocenters. The van der Waals surface area contributed by atoms with Crippen molar-refractivity contribution in [3.63, 3.8) is 0 Å². The number of furan rings is 1. The van der Waals surface area contributed by atoms with Gasteiger partial charge in [0.15, 0.2) is 5.96 Å². The van der Waals surface area contributed by atoms with Crippen molar-refractivity contribution in [2.75, 3.05) is 6.54 Å². The molecule has 0 spiro atoms. The fraction of sp³-hybridized carbons (Fsp3) is 0.619. The highest BCUT2D eigenvalue weighted by atomic mass is 127. The van der Waals surface area contributed by atoms with Crippen LogP contribution in [0.4, 0.5) is 0 Å². The summed E-state index contributed by atoms with van der Waals surface area (Å²) in [6.45, 7) is 3.62. The summed E-state index contributed by atoms with van der Waals surface area (Å²) in [6.07, 6.45) is 11.1. The van der Waals surface area contributed by atoms with Crippen LogP contribution in [0.25, 0.3) is 0 Å². The Morgan fingerprint density at radius 1 is 1.36 bits per heavy atom. The molecule has 2 aromatic heterocycles. The number of aliphatic imine (C=N–C) groups is 1. The van der Waals surface area contributed by atoms with E-state index in [9.17, 15) is 0 Å². The van der Waals surface area contributed by atoms with Gasteiger partial charge in [0.1, 0.15) is 5.76 Å². The van der Waals surface area contributed by atoms with Crippen LogP contribution in [0, 0.1) is 11.8 Å². The molecule has 2 bridgehead atoms. The Balaban J connectivity index is 0.00000225. The van der Waals surface area contributed by atoms with Gasteiger partial charge in [0.2, 0.25) is 0 Å². The molecule has 0 saturated heterocycles. The second-order valence-corrected chi connectivity index (χ2v) is 7.97. The van der Waals surface area contributed by atoms with E-state index >= 15 is 0 Å². The summed E-state index contributed by atoms with van der Waals surface area (Å²) in [4.78, 5) is 4.89. The van der Waals surface area contributed by atoms with Gasteiger partial charge < -0.3 is 15.1 Å². The van der Waals surface area contributed by atoms with Crippen molar-refractivity contribution in [2.45, 2.75) is 58.0 Å². The Morgan fingerprint density at radius 2 is 2.25 bits per heavy atom. The average Bonchev–Trinajstić information content (AvgIpc) is 3.44. The molecule has 4 rings (SSSR count). The highest BCUT2D eigenvalue weighted by Crippen LogP contribution is 2.44. The zero-order chi connectivity index (χ0) is 18.6. The standard InChI is InChI=1S/C21H31N5O.HI/c1-3-19-17(14-26(2)25-19)13-23-21(22-9-8-18-5-4-10-27-18)24-20-12-15-6-7-16(20)11-15;/h4-5,10,14-16,20H,3,6-9,11-13H2,1-2H3,(H2,22,23,24);1H. The van der Waals surface area contributed by atoms with Crippen LogP contribution in [0.15, 0.2) is 34.0 Å². The Kier molecular flexibility index (Phi) is 7.42. The third-order valence-electron chi connectivity index (χ3n) is 6.04. The Labute approximate surface area is 184 Å². The van der Waals surface area contributed by atoms with E-state index in [1.165, 1.54) is 31.2 Å². The molecule has 0 aromatic carbocycles. The average molecular weight is 497 g/mol. The van der Waals surface area contributed by atoms with Gasteiger partial charge in [-0.2, -0.15) is 5.10 Å². The summed E-state index contributed by atoms with van der Waals surface area (Å²) in [5.41, 5.74) is 2.34. The summed E-state index contributed by atoms with van der Waals surface area (Å²) in [5.74, 6) is 3.66. The fourth-order valence-corrected chi connectivity index (χ4v) is 4.69. The van der Waals surface area contributed by atoms with Crippen molar-refractivity contribution in [3.05, 3.63) is 41.6 Å². The summed E-state index contributed by atoms with van der Waals surface area (Å²) in [5, 5.41) is 11.8. The Morgan fingerprint density at radius 3 is 2.93 bits per heavy atom. The molecule has 2 heterocycles. The maximum atomic E-state index is 5.44. The fourth-order valence-electron chi connectivity index (χ4n) is 4.69. The number of hydrogen-bond donors (Lipinski definition) is 2. The largest absolute Gasteiger partial charge is 0.469 e. The third kappa shape index (κ3) is 5.10. The first-order valence-corrected chi connectivity index (χ1v) is 10.3. The van der Waals surface area contributed by atoms with Gasteiger partial charge in [0, 0.05) is 37.8 Å². The lowest BCUT2D eigenvalue weighted by Crippen LogP contribution is -2.46. The minimum absolute atomic E-state index is 0. The second-order valence-electron chi connectivity index (χ2n) is 7.97. The quantitative estimate of drug-likeness (QED) is 0.348. The molecule has 2 saturated carbocycles. The Bertz CT molecular complexity index is 770. The number of rotatable bonds is 7. The lowest BCUT2D eigenvalue weighted by atomic mass is 9.95. The molecule has 0 amide bonds. The van der Waals surface area contributed by atoms with E-state index in [2.05, 4.69) is 28.9 Å². The van der Waals surface area contributed by atoms with Gasteiger partial charge in [-0.1, -0.05) is 13.3 Å². The minimum atomic E-state index is 0. The number of guanidine groups is 1. The van der Waals surface area contributed by atoms with Gasteiger partial charge in [-0.25, -0.2) is 4.99 Å². The first-order chi connectivity index (χ1) is 13.2. The Hall–Kier alpha value is -1.51. The molecule has 28 heavy (non-hydrogen) atoms. The topological polar surface area (TPSA) is 67.4 Å². The molecule has 0 aliphatic heterocycles. The van der Waals surface area contributed by atoms with Crippen molar-refractivity contribution >= 4 is 29.9 Å². The zero-order valence-electron chi connectivity index (χ0n) is 16.9. The van der Waals surface area contributed by atoms with Crippen LogP contribution in [0.3, 0.4) is 0 Å². The number of nitrogens with zero attached hydrogens (tertiary/aromatic N) is 3. The SMILES string of the molecule is CCc1nn(C)cc1CN=C(NCCc1ccco1)NC1CC2CCC1C2.I. The van der Waals surface area contributed by atoms with E-state index in [1.54, 1.807) is 6.26 Å². The number of aryl methyl sites for hydroxylation is 2. The van der Waals surface area contributed by atoms with E-state index in [4.69, 9.17) is 9.41 Å². The van der Waals surface area contributed by atoms with Crippen LogP contribution in [0.5, 0.6) is 0 Å². The van der Waals surface area contributed by atoms with Crippen molar-refractivity contribution in [1.29, 1.82) is 0 Å². The van der Waals surface area contributed by atoms with Gasteiger partial charge in [-0.05, 0) is 49.7 Å². The molecule has 0 radical (unpaired) electrons.